The molecule has 1 saturated carbocycles. The van der Waals surface area contributed by atoms with Gasteiger partial charge in [0.1, 0.15) is 0 Å². The molecule has 18 heavy (non-hydrogen) atoms. The topological polar surface area (TPSA) is 3.24 Å². The van der Waals surface area contributed by atoms with Gasteiger partial charge in [-0.15, -0.1) is 0 Å². The Hall–Kier alpha value is -0.223. The van der Waals surface area contributed by atoms with Crippen molar-refractivity contribution in [1.82, 2.24) is 4.90 Å². The van der Waals surface area contributed by atoms with E-state index in [2.05, 4.69) is 29.2 Å². The third-order valence-corrected chi connectivity index (χ3v) is 4.91. The first-order valence-corrected chi connectivity index (χ1v) is 7.15. The summed E-state index contributed by atoms with van der Waals surface area (Å²) in [6.45, 7) is 2.71. The van der Waals surface area contributed by atoms with Crippen LogP contribution in [0.15, 0.2) is 18.2 Å². The summed E-state index contributed by atoms with van der Waals surface area (Å²) in [5.74, 6) is 1.83. The van der Waals surface area contributed by atoms with Crippen LogP contribution in [0.4, 0.5) is 0 Å². The molecule has 1 nitrogen and oxygen atoms in total. The molecule has 0 amide bonds. The van der Waals surface area contributed by atoms with Crippen LogP contribution in [0, 0.1) is 12.0 Å². The van der Waals surface area contributed by atoms with E-state index in [9.17, 15) is 0 Å². The molecule has 0 bridgehead atoms. The molecule has 2 fully saturated rings. The predicted molar refractivity (Wildman–Crippen MR) is 69.0 cm³/mol. The fraction of sp³-hybridized carbons (Fsp3) is 0.625. The number of likely N-dealkylation sites (tertiary alicyclic amines) is 1. The van der Waals surface area contributed by atoms with Crippen molar-refractivity contribution in [2.24, 2.45) is 5.92 Å². The zero-order chi connectivity index (χ0) is 11.2. The average Bonchev–Trinajstić information content (AvgIpc) is 3.09. The average molecular weight is 233 g/mol. The second-order valence-electron chi connectivity index (χ2n) is 6.05. The number of nitrogens with zero attached hydrogens (tertiary/aromatic N) is 1. The Labute approximate surface area is 122 Å². The quantitative estimate of drug-likeness (QED) is 0.513. The van der Waals surface area contributed by atoms with Gasteiger partial charge in [-0.2, -0.15) is 35.4 Å². The maximum absolute atomic E-state index is 3.52. The van der Waals surface area contributed by atoms with Crippen LogP contribution in [0.2, 0.25) is 0 Å². The molecule has 1 aromatic rings. The molecule has 0 aromatic heterocycles. The minimum atomic E-state index is 0. The van der Waals surface area contributed by atoms with E-state index in [4.69, 9.17) is 0 Å². The van der Waals surface area contributed by atoms with Gasteiger partial charge in [0.05, 0.1) is 0 Å². The van der Waals surface area contributed by atoms with Crippen molar-refractivity contribution in [2.45, 2.75) is 44.1 Å². The van der Waals surface area contributed by atoms with Crippen molar-refractivity contribution >= 4 is 0 Å². The van der Waals surface area contributed by atoms with Gasteiger partial charge in [0.15, 0.2) is 0 Å². The molecule has 1 aromatic carbocycles. The van der Waals surface area contributed by atoms with Crippen LogP contribution in [0.25, 0.3) is 0 Å². The van der Waals surface area contributed by atoms with E-state index in [1.165, 1.54) is 45.2 Å². The summed E-state index contributed by atoms with van der Waals surface area (Å²) < 4.78 is 0. The summed E-state index contributed by atoms with van der Waals surface area (Å²) in [5.41, 5.74) is 3.11. The van der Waals surface area contributed by atoms with Crippen LogP contribution in [-0.2, 0) is 6.42 Å². The molecular formula is C16H20LiN. The molecule has 1 aliphatic heterocycles. The van der Waals surface area contributed by atoms with E-state index in [1.54, 1.807) is 11.1 Å². The van der Waals surface area contributed by atoms with E-state index < -0.39 is 0 Å². The minimum Gasteiger partial charge on any atom is -0.300 e. The van der Waals surface area contributed by atoms with Gasteiger partial charge in [0, 0.05) is 12.6 Å². The second kappa shape index (κ2) is 5.04. The molecule has 0 radical (unpaired) electrons. The van der Waals surface area contributed by atoms with E-state index in [1.807, 2.05) is 0 Å². The minimum absolute atomic E-state index is 0. The third-order valence-electron chi connectivity index (χ3n) is 4.91. The first kappa shape index (κ1) is 12.8. The molecule has 0 spiro atoms. The van der Waals surface area contributed by atoms with Gasteiger partial charge in [0.25, 0.3) is 0 Å². The number of rotatable bonds is 2. The van der Waals surface area contributed by atoms with Crippen molar-refractivity contribution in [2.75, 3.05) is 13.1 Å². The molecule has 0 unspecified atom stereocenters. The van der Waals surface area contributed by atoms with Crippen LogP contribution in [0.5, 0.6) is 0 Å². The van der Waals surface area contributed by atoms with E-state index in [-0.39, 0.29) is 18.9 Å². The van der Waals surface area contributed by atoms with Gasteiger partial charge in [0.2, 0.25) is 0 Å². The van der Waals surface area contributed by atoms with Gasteiger partial charge < -0.3 is 0 Å². The summed E-state index contributed by atoms with van der Waals surface area (Å²) in [7, 11) is 0. The Balaban J connectivity index is 0.000001000. The fourth-order valence-corrected chi connectivity index (χ4v) is 3.85. The molecule has 1 saturated heterocycles. The van der Waals surface area contributed by atoms with Gasteiger partial charge in [-0.05, 0) is 44.1 Å². The standard InChI is InChI=1S/C16H20N.Li/c1-2-4-14-13(3-1)7-8-16-15(14)9-10-17(16)11-12-5-6-12;/h1-3,12,15-16H,5-11H2;/q-1;+1/t15-,16+;/m0./s1. The molecule has 0 N–H and O–H groups in total. The normalized spacial score (nSPS) is 30.4. The van der Waals surface area contributed by atoms with Gasteiger partial charge in [-0.1, -0.05) is 6.42 Å². The molecule has 2 aliphatic carbocycles. The molecule has 2 atom stereocenters. The predicted octanol–water partition coefficient (Wildman–Crippen LogP) is 0.00489. The summed E-state index contributed by atoms with van der Waals surface area (Å²) in [6, 6.07) is 10.9. The maximum atomic E-state index is 3.52. The van der Waals surface area contributed by atoms with Gasteiger partial charge in [-0.3, -0.25) is 4.90 Å². The van der Waals surface area contributed by atoms with Crippen molar-refractivity contribution in [3.63, 3.8) is 0 Å². The Morgan fingerprint density at radius 1 is 1.22 bits per heavy atom. The summed E-state index contributed by atoms with van der Waals surface area (Å²) in [6.07, 6.45) is 6.98. The van der Waals surface area contributed by atoms with Crippen molar-refractivity contribution in [3.05, 3.63) is 35.4 Å². The fourth-order valence-electron chi connectivity index (χ4n) is 3.85. The monoisotopic (exact) mass is 233 g/mol. The van der Waals surface area contributed by atoms with Crippen LogP contribution >= 0.6 is 0 Å². The van der Waals surface area contributed by atoms with E-state index in [0.29, 0.717) is 0 Å². The van der Waals surface area contributed by atoms with Crippen LogP contribution < -0.4 is 18.9 Å². The Morgan fingerprint density at radius 2 is 2.11 bits per heavy atom. The molecular weight excluding hydrogens is 213 g/mol. The Morgan fingerprint density at radius 3 is 2.94 bits per heavy atom. The number of hydrogen-bond acceptors (Lipinski definition) is 1. The van der Waals surface area contributed by atoms with E-state index >= 15 is 0 Å². The number of aryl methyl sites for hydroxylation is 1. The smallest absolute Gasteiger partial charge is 0.300 e. The van der Waals surface area contributed by atoms with Gasteiger partial charge >= 0.3 is 18.9 Å². The number of benzene rings is 1. The molecule has 1 heterocycles. The molecule has 4 rings (SSSR count). The maximum Gasteiger partial charge on any atom is 1.00 e. The SMILES string of the molecule is [Li+].[c-]1cccc2c1[C@@H]1CCN(CC3CC3)[C@@H]1CC2. The van der Waals surface area contributed by atoms with Crippen molar-refractivity contribution in [1.29, 1.82) is 0 Å². The summed E-state index contributed by atoms with van der Waals surface area (Å²) in [4.78, 5) is 2.78. The summed E-state index contributed by atoms with van der Waals surface area (Å²) >= 11 is 0. The Bertz CT molecular complexity index is 427. The van der Waals surface area contributed by atoms with Crippen LogP contribution in [-0.4, -0.2) is 24.0 Å². The largest absolute Gasteiger partial charge is 1.00 e. The molecule has 90 valence electrons. The second-order valence-corrected chi connectivity index (χ2v) is 6.05. The summed E-state index contributed by atoms with van der Waals surface area (Å²) in [5, 5.41) is 0. The zero-order valence-corrected chi connectivity index (χ0v) is 11.4. The van der Waals surface area contributed by atoms with Gasteiger partial charge in [-0.25, -0.2) is 0 Å². The van der Waals surface area contributed by atoms with Crippen molar-refractivity contribution < 1.29 is 18.9 Å². The molecule has 2 heteroatoms. The third kappa shape index (κ3) is 2.18. The van der Waals surface area contributed by atoms with Crippen molar-refractivity contribution in [3.8, 4) is 0 Å². The Kier molecular flexibility index (Phi) is 3.58. The molecule has 3 aliphatic rings. The zero-order valence-electron chi connectivity index (χ0n) is 11.4. The first-order chi connectivity index (χ1) is 8.42. The number of hydrogen-bond donors (Lipinski definition) is 0. The number of fused-ring (bicyclic) bond motifs is 3. The van der Waals surface area contributed by atoms with Crippen LogP contribution in [0.1, 0.15) is 42.7 Å². The van der Waals surface area contributed by atoms with Crippen LogP contribution in [0.3, 0.4) is 0 Å². The van der Waals surface area contributed by atoms with E-state index in [0.717, 1.165) is 17.9 Å². The first-order valence-electron chi connectivity index (χ1n) is 7.15.